The number of hydrogen-bond donors (Lipinski definition) is 1. The minimum absolute atomic E-state index is 0.243. The average molecular weight is 243 g/mol. The topological polar surface area (TPSA) is 29.1 Å². The van der Waals surface area contributed by atoms with Crippen LogP contribution in [0.5, 0.6) is 0 Å². The molecule has 0 atom stereocenters. The van der Waals surface area contributed by atoms with Crippen LogP contribution in [0.3, 0.4) is 0 Å². The van der Waals surface area contributed by atoms with Gasteiger partial charge < -0.3 is 5.32 Å². The quantitative estimate of drug-likeness (QED) is 0.809. The van der Waals surface area contributed by atoms with Crippen molar-refractivity contribution in [3.05, 3.63) is 34.9 Å². The number of aryl methyl sites for hydroxylation is 2. The Bertz CT molecular complexity index is 446. The average Bonchev–Trinajstić information content (AvgIpc) is 2.47. The zero-order chi connectivity index (χ0) is 12.4. The lowest BCUT2D eigenvalue weighted by Gasteiger charge is -2.22. The van der Waals surface area contributed by atoms with Gasteiger partial charge in [-0.2, -0.15) is 0 Å². The molecular weight excluding hydrogens is 222 g/mol. The number of rotatable bonds is 2. The Hall–Kier alpha value is -1.15. The highest BCUT2D eigenvalue weighted by Gasteiger charge is 2.23. The molecule has 0 radical (unpaired) electrons. The molecule has 3 rings (SSSR count). The fourth-order valence-electron chi connectivity index (χ4n) is 3.21. The molecule has 2 heteroatoms. The fraction of sp³-hybridized carbons (Fsp3) is 0.562. The zero-order valence-corrected chi connectivity index (χ0v) is 10.9. The smallest absolute Gasteiger partial charge is 0.166 e. The van der Waals surface area contributed by atoms with Crippen LogP contribution < -0.4 is 5.32 Å². The standard InChI is InChI=1S/C16H21NO/c18-16(13-7-9-17-10-8-13)15-6-5-12-3-1-2-4-14(12)11-15/h5-6,11,13,17H,1-4,7-10H2. The molecule has 1 aromatic carbocycles. The van der Waals surface area contributed by atoms with E-state index >= 15 is 0 Å². The number of nitrogens with one attached hydrogen (secondary N) is 1. The lowest BCUT2D eigenvalue weighted by molar-refractivity contribution is 0.0895. The van der Waals surface area contributed by atoms with Gasteiger partial charge in [-0.1, -0.05) is 12.1 Å². The van der Waals surface area contributed by atoms with Crippen molar-refractivity contribution in [2.24, 2.45) is 5.92 Å². The summed E-state index contributed by atoms with van der Waals surface area (Å²) in [4.78, 5) is 12.5. The van der Waals surface area contributed by atoms with E-state index in [0.29, 0.717) is 5.78 Å². The lowest BCUT2D eigenvalue weighted by atomic mass is 9.85. The lowest BCUT2D eigenvalue weighted by Crippen LogP contribution is -2.32. The van der Waals surface area contributed by atoms with E-state index in [-0.39, 0.29) is 5.92 Å². The van der Waals surface area contributed by atoms with Crippen molar-refractivity contribution in [3.63, 3.8) is 0 Å². The van der Waals surface area contributed by atoms with Gasteiger partial charge in [0.05, 0.1) is 0 Å². The molecule has 1 aliphatic heterocycles. The summed E-state index contributed by atoms with van der Waals surface area (Å²) in [6, 6.07) is 6.40. The van der Waals surface area contributed by atoms with Crippen molar-refractivity contribution in [2.75, 3.05) is 13.1 Å². The van der Waals surface area contributed by atoms with Crippen LogP contribution in [0, 0.1) is 5.92 Å². The first-order valence-electron chi connectivity index (χ1n) is 7.21. The molecule has 2 aliphatic rings. The highest BCUT2D eigenvalue weighted by atomic mass is 16.1. The molecule has 0 amide bonds. The molecule has 1 heterocycles. The first kappa shape index (κ1) is 11.9. The summed E-state index contributed by atoms with van der Waals surface area (Å²) >= 11 is 0. The van der Waals surface area contributed by atoms with E-state index in [9.17, 15) is 4.79 Å². The summed E-state index contributed by atoms with van der Waals surface area (Å²) in [5.41, 5.74) is 3.83. The second kappa shape index (κ2) is 5.23. The number of fused-ring (bicyclic) bond motifs is 1. The number of benzene rings is 1. The van der Waals surface area contributed by atoms with Crippen LogP contribution in [-0.4, -0.2) is 18.9 Å². The van der Waals surface area contributed by atoms with E-state index in [4.69, 9.17) is 0 Å². The highest BCUT2D eigenvalue weighted by molar-refractivity contribution is 5.98. The maximum Gasteiger partial charge on any atom is 0.166 e. The van der Waals surface area contributed by atoms with Gasteiger partial charge >= 0.3 is 0 Å². The van der Waals surface area contributed by atoms with E-state index in [2.05, 4.69) is 23.5 Å². The number of ketones is 1. The van der Waals surface area contributed by atoms with E-state index in [1.165, 1.54) is 30.4 Å². The molecule has 0 saturated carbocycles. The molecule has 1 aliphatic carbocycles. The van der Waals surface area contributed by atoms with Crippen molar-refractivity contribution in [3.8, 4) is 0 Å². The van der Waals surface area contributed by atoms with Crippen LogP contribution >= 0.6 is 0 Å². The van der Waals surface area contributed by atoms with Crippen molar-refractivity contribution in [2.45, 2.75) is 38.5 Å². The largest absolute Gasteiger partial charge is 0.317 e. The molecule has 18 heavy (non-hydrogen) atoms. The number of Topliss-reactive ketones (excluding diaryl/α,β-unsaturated/α-hetero) is 1. The van der Waals surface area contributed by atoms with E-state index in [1.54, 1.807) is 0 Å². The SMILES string of the molecule is O=C(c1ccc2c(c1)CCCC2)C1CCNCC1. The molecule has 0 bridgehead atoms. The van der Waals surface area contributed by atoms with Gasteiger partial charge in [0.2, 0.25) is 0 Å². The predicted octanol–water partition coefficient (Wildman–Crippen LogP) is 2.75. The molecule has 2 nitrogen and oxygen atoms in total. The van der Waals surface area contributed by atoms with Crippen molar-refractivity contribution in [1.29, 1.82) is 0 Å². The van der Waals surface area contributed by atoms with Crippen LogP contribution in [0.2, 0.25) is 0 Å². The minimum Gasteiger partial charge on any atom is -0.317 e. The first-order chi connectivity index (χ1) is 8.84. The summed E-state index contributed by atoms with van der Waals surface area (Å²) in [7, 11) is 0. The van der Waals surface area contributed by atoms with Gasteiger partial charge in [0.25, 0.3) is 0 Å². The van der Waals surface area contributed by atoms with Gasteiger partial charge in [-0.15, -0.1) is 0 Å². The summed E-state index contributed by atoms with van der Waals surface area (Å²) in [6.07, 6.45) is 6.91. The normalized spacial score (nSPS) is 20.4. The van der Waals surface area contributed by atoms with Crippen molar-refractivity contribution < 1.29 is 4.79 Å². The highest BCUT2D eigenvalue weighted by Crippen LogP contribution is 2.25. The molecule has 1 N–H and O–H groups in total. The summed E-state index contributed by atoms with van der Waals surface area (Å²) in [6.45, 7) is 1.97. The van der Waals surface area contributed by atoms with Gasteiger partial charge in [0.1, 0.15) is 0 Å². The molecule has 1 saturated heterocycles. The Kier molecular flexibility index (Phi) is 3.46. The van der Waals surface area contributed by atoms with Crippen molar-refractivity contribution >= 4 is 5.78 Å². The van der Waals surface area contributed by atoms with Gasteiger partial charge in [0.15, 0.2) is 5.78 Å². The number of carbonyl (C=O) groups excluding carboxylic acids is 1. The Morgan fingerprint density at radius 2 is 1.78 bits per heavy atom. The second-order valence-electron chi connectivity index (χ2n) is 5.58. The molecule has 0 spiro atoms. The third-order valence-electron chi connectivity index (χ3n) is 4.34. The number of hydrogen-bond acceptors (Lipinski definition) is 2. The van der Waals surface area contributed by atoms with Gasteiger partial charge in [0, 0.05) is 11.5 Å². The number of carbonyl (C=O) groups is 1. The summed E-state index contributed by atoms with van der Waals surface area (Å²) < 4.78 is 0. The van der Waals surface area contributed by atoms with Crippen LogP contribution in [0.25, 0.3) is 0 Å². The molecule has 96 valence electrons. The zero-order valence-electron chi connectivity index (χ0n) is 10.9. The maximum atomic E-state index is 12.5. The predicted molar refractivity (Wildman–Crippen MR) is 73.0 cm³/mol. The monoisotopic (exact) mass is 243 g/mol. The van der Waals surface area contributed by atoms with Gasteiger partial charge in [-0.05, 0) is 68.8 Å². The third kappa shape index (κ3) is 2.35. The van der Waals surface area contributed by atoms with Crippen LogP contribution in [-0.2, 0) is 12.8 Å². The van der Waals surface area contributed by atoms with Crippen LogP contribution in [0.1, 0.15) is 47.2 Å². The Labute approximate surface area is 109 Å². The fourth-order valence-corrected chi connectivity index (χ4v) is 3.21. The van der Waals surface area contributed by atoms with E-state index in [0.717, 1.165) is 37.9 Å². The molecule has 0 aromatic heterocycles. The van der Waals surface area contributed by atoms with E-state index < -0.39 is 0 Å². The Balaban J connectivity index is 1.80. The summed E-state index contributed by atoms with van der Waals surface area (Å²) in [5.74, 6) is 0.609. The molecular formula is C16H21NO. The maximum absolute atomic E-state index is 12.5. The Morgan fingerprint density at radius 1 is 1.06 bits per heavy atom. The summed E-state index contributed by atoms with van der Waals surface area (Å²) in [5, 5.41) is 3.32. The molecule has 1 aromatic rings. The second-order valence-corrected chi connectivity index (χ2v) is 5.58. The van der Waals surface area contributed by atoms with Crippen LogP contribution in [0.15, 0.2) is 18.2 Å². The molecule has 1 fully saturated rings. The van der Waals surface area contributed by atoms with Crippen LogP contribution in [0.4, 0.5) is 0 Å². The van der Waals surface area contributed by atoms with Crippen molar-refractivity contribution in [1.82, 2.24) is 5.32 Å². The first-order valence-corrected chi connectivity index (χ1v) is 7.21. The van der Waals surface area contributed by atoms with Gasteiger partial charge in [-0.3, -0.25) is 4.79 Å². The minimum atomic E-state index is 0.243. The number of piperidine rings is 1. The molecule has 0 unspecified atom stereocenters. The van der Waals surface area contributed by atoms with E-state index in [1.807, 2.05) is 0 Å². The third-order valence-corrected chi connectivity index (χ3v) is 4.34. The Morgan fingerprint density at radius 3 is 2.56 bits per heavy atom. The van der Waals surface area contributed by atoms with Gasteiger partial charge in [-0.25, -0.2) is 0 Å².